The van der Waals surface area contributed by atoms with Crippen molar-refractivity contribution < 1.29 is 17.9 Å². The number of nitrogens with one attached hydrogen (secondary N) is 1. The van der Waals surface area contributed by atoms with Gasteiger partial charge >= 0.3 is 0 Å². The third-order valence-corrected chi connectivity index (χ3v) is 5.15. The SMILES string of the molecule is CCOc1ccc(NS(=O)(=O)c2cccc(COc3ccccc3)c2)cc1. The van der Waals surface area contributed by atoms with E-state index >= 15 is 0 Å². The van der Waals surface area contributed by atoms with Crippen LogP contribution in [0.25, 0.3) is 0 Å². The van der Waals surface area contributed by atoms with Crippen LogP contribution in [0.3, 0.4) is 0 Å². The van der Waals surface area contributed by atoms with E-state index in [2.05, 4.69) is 4.72 Å². The normalized spacial score (nSPS) is 11.0. The third kappa shape index (κ3) is 5.24. The minimum atomic E-state index is -3.69. The molecule has 27 heavy (non-hydrogen) atoms. The van der Waals surface area contributed by atoms with Crippen LogP contribution in [-0.2, 0) is 16.6 Å². The zero-order valence-electron chi connectivity index (χ0n) is 15.0. The highest BCUT2D eigenvalue weighted by atomic mass is 32.2. The van der Waals surface area contributed by atoms with Crippen LogP contribution < -0.4 is 14.2 Å². The summed E-state index contributed by atoms with van der Waals surface area (Å²) >= 11 is 0. The second-order valence-electron chi connectivity index (χ2n) is 5.81. The number of hydrogen-bond acceptors (Lipinski definition) is 4. The molecule has 1 N–H and O–H groups in total. The second kappa shape index (κ2) is 8.60. The van der Waals surface area contributed by atoms with Gasteiger partial charge in [-0.3, -0.25) is 4.72 Å². The Balaban J connectivity index is 1.70. The molecule has 3 aromatic carbocycles. The van der Waals surface area contributed by atoms with Gasteiger partial charge in [-0.05, 0) is 61.0 Å². The summed E-state index contributed by atoms with van der Waals surface area (Å²) < 4.78 is 38.9. The highest BCUT2D eigenvalue weighted by Crippen LogP contribution is 2.21. The van der Waals surface area contributed by atoms with Gasteiger partial charge in [-0.1, -0.05) is 30.3 Å². The highest BCUT2D eigenvalue weighted by molar-refractivity contribution is 7.92. The molecule has 0 aliphatic heterocycles. The van der Waals surface area contributed by atoms with Gasteiger partial charge in [0.2, 0.25) is 0 Å². The van der Waals surface area contributed by atoms with E-state index in [0.717, 1.165) is 11.3 Å². The van der Waals surface area contributed by atoms with Crippen molar-refractivity contribution in [2.45, 2.75) is 18.4 Å². The lowest BCUT2D eigenvalue weighted by Crippen LogP contribution is -2.13. The molecule has 0 heterocycles. The molecule has 0 atom stereocenters. The summed E-state index contributed by atoms with van der Waals surface area (Å²) in [5.74, 6) is 1.43. The van der Waals surface area contributed by atoms with Crippen LogP contribution in [0.2, 0.25) is 0 Å². The Kier molecular flexibility index (Phi) is 5.98. The predicted octanol–water partition coefficient (Wildman–Crippen LogP) is 4.47. The maximum Gasteiger partial charge on any atom is 0.261 e. The summed E-state index contributed by atoms with van der Waals surface area (Å²) in [6.07, 6.45) is 0. The van der Waals surface area contributed by atoms with E-state index in [1.807, 2.05) is 43.3 Å². The average molecular weight is 383 g/mol. The van der Waals surface area contributed by atoms with Crippen molar-refractivity contribution in [3.63, 3.8) is 0 Å². The van der Waals surface area contributed by atoms with Gasteiger partial charge in [-0.25, -0.2) is 8.42 Å². The molecule has 0 aliphatic rings. The van der Waals surface area contributed by atoms with Crippen LogP contribution in [0.5, 0.6) is 11.5 Å². The summed E-state index contributed by atoms with van der Waals surface area (Å²) in [5, 5.41) is 0. The lowest BCUT2D eigenvalue weighted by Gasteiger charge is -2.11. The summed E-state index contributed by atoms with van der Waals surface area (Å²) in [6.45, 7) is 2.74. The molecule has 0 fully saturated rings. The standard InChI is InChI=1S/C21H21NO4S/c1-2-25-20-13-11-18(12-14-20)22-27(23,24)21-10-6-7-17(15-21)16-26-19-8-4-3-5-9-19/h3-15,22H,2,16H2,1H3. The fourth-order valence-corrected chi connectivity index (χ4v) is 3.61. The first-order valence-corrected chi connectivity index (χ1v) is 10.1. The van der Waals surface area contributed by atoms with Gasteiger partial charge in [-0.15, -0.1) is 0 Å². The Hall–Kier alpha value is -2.99. The van der Waals surface area contributed by atoms with E-state index in [4.69, 9.17) is 9.47 Å². The molecule has 3 aromatic rings. The van der Waals surface area contributed by atoms with Crippen molar-refractivity contribution in [2.75, 3.05) is 11.3 Å². The second-order valence-corrected chi connectivity index (χ2v) is 7.49. The molecule has 3 rings (SSSR count). The van der Waals surface area contributed by atoms with E-state index in [1.54, 1.807) is 42.5 Å². The minimum absolute atomic E-state index is 0.186. The molecule has 0 bridgehead atoms. The molecule has 0 radical (unpaired) electrons. The molecule has 0 saturated heterocycles. The summed E-state index contributed by atoms with van der Waals surface area (Å²) in [4.78, 5) is 0.186. The third-order valence-electron chi connectivity index (χ3n) is 3.77. The molecule has 0 saturated carbocycles. The first-order valence-electron chi connectivity index (χ1n) is 8.59. The van der Waals surface area contributed by atoms with E-state index in [9.17, 15) is 8.42 Å². The van der Waals surface area contributed by atoms with Crippen molar-refractivity contribution in [3.05, 3.63) is 84.4 Å². The molecular weight excluding hydrogens is 362 g/mol. The molecule has 6 heteroatoms. The number of anilines is 1. The fourth-order valence-electron chi connectivity index (χ4n) is 2.49. The van der Waals surface area contributed by atoms with Gasteiger partial charge in [0.05, 0.1) is 11.5 Å². The first kappa shape index (κ1) is 18.8. The van der Waals surface area contributed by atoms with Crippen LogP contribution in [0.15, 0.2) is 83.8 Å². The molecule has 0 aliphatic carbocycles. The van der Waals surface area contributed by atoms with Crippen molar-refractivity contribution in [1.82, 2.24) is 0 Å². The van der Waals surface area contributed by atoms with Crippen LogP contribution in [0, 0.1) is 0 Å². The van der Waals surface area contributed by atoms with Crippen LogP contribution in [-0.4, -0.2) is 15.0 Å². The molecule has 0 amide bonds. The Labute approximate surface area is 159 Å². The Morgan fingerprint density at radius 2 is 1.52 bits per heavy atom. The lowest BCUT2D eigenvalue weighted by atomic mass is 10.2. The first-order chi connectivity index (χ1) is 13.1. The molecular formula is C21H21NO4S. The van der Waals surface area contributed by atoms with Gasteiger partial charge in [0.1, 0.15) is 18.1 Å². The van der Waals surface area contributed by atoms with Crippen LogP contribution in [0.4, 0.5) is 5.69 Å². The largest absolute Gasteiger partial charge is 0.494 e. The Bertz CT molecular complexity index is 971. The maximum atomic E-state index is 12.7. The summed E-state index contributed by atoms with van der Waals surface area (Å²) in [5.41, 5.74) is 1.25. The molecule has 0 unspecified atom stereocenters. The molecule has 5 nitrogen and oxygen atoms in total. The summed E-state index contributed by atoms with van der Waals surface area (Å²) in [6, 6.07) is 22.9. The minimum Gasteiger partial charge on any atom is -0.494 e. The maximum absolute atomic E-state index is 12.7. The van der Waals surface area contributed by atoms with Crippen molar-refractivity contribution in [1.29, 1.82) is 0 Å². The van der Waals surface area contributed by atoms with Gasteiger partial charge < -0.3 is 9.47 Å². The predicted molar refractivity (Wildman–Crippen MR) is 106 cm³/mol. The Morgan fingerprint density at radius 3 is 2.22 bits per heavy atom. The average Bonchev–Trinajstić information content (AvgIpc) is 2.69. The number of para-hydroxylation sites is 1. The van der Waals surface area contributed by atoms with E-state index < -0.39 is 10.0 Å². The zero-order valence-corrected chi connectivity index (χ0v) is 15.8. The highest BCUT2D eigenvalue weighted by Gasteiger charge is 2.15. The van der Waals surface area contributed by atoms with Gasteiger partial charge in [0.25, 0.3) is 10.0 Å². The Morgan fingerprint density at radius 1 is 0.815 bits per heavy atom. The molecule has 140 valence electrons. The van der Waals surface area contributed by atoms with Gasteiger partial charge in [-0.2, -0.15) is 0 Å². The van der Waals surface area contributed by atoms with Crippen molar-refractivity contribution >= 4 is 15.7 Å². The van der Waals surface area contributed by atoms with Crippen molar-refractivity contribution in [2.24, 2.45) is 0 Å². The van der Waals surface area contributed by atoms with Crippen molar-refractivity contribution in [3.8, 4) is 11.5 Å². The van der Waals surface area contributed by atoms with Crippen LogP contribution in [0.1, 0.15) is 12.5 Å². The zero-order chi connectivity index (χ0) is 19.1. The number of sulfonamides is 1. The number of ether oxygens (including phenoxy) is 2. The number of hydrogen-bond donors (Lipinski definition) is 1. The molecule has 0 aromatic heterocycles. The number of rotatable bonds is 8. The summed E-state index contributed by atoms with van der Waals surface area (Å²) in [7, 11) is -3.69. The quantitative estimate of drug-likeness (QED) is 0.623. The van der Waals surface area contributed by atoms with E-state index in [-0.39, 0.29) is 11.5 Å². The van der Waals surface area contributed by atoms with E-state index in [0.29, 0.717) is 18.0 Å². The molecule has 0 spiro atoms. The van der Waals surface area contributed by atoms with E-state index in [1.165, 1.54) is 0 Å². The monoisotopic (exact) mass is 383 g/mol. The fraction of sp³-hybridized carbons (Fsp3) is 0.143. The topological polar surface area (TPSA) is 64.6 Å². The lowest BCUT2D eigenvalue weighted by molar-refractivity contribution is 0.306. The van der Waals surface area contributed by atoms with Gasteiger partial charge in [0.15, 0.2) is 0 Å². The van der Waals surface area contributed by atoms with Crippen LogP contribution >= 0.6 is 0 Å². The smallest absolute Gasteiger partial charge is 0.261 e. The van der Waals surface area contributed by atoms with Gasteiger partial charge in [0, 0.05) is 5.69 Å². The number of benzene rings is 3.